The van der Waals surface area contributed by atoms with Gasteiger partial charge in [-0.05, 0) is 6.42 Å². The van der Waals surface area contributed by atoms with Crippen molar-refractivity contribution in [3.8, 4) is 5.88 Å². The first-order chi connectivity index (χ1) is 8.72. The summed E-state index contributed by atoms with van der Waals surface area (Å²) in [6.07, 6.45) is 2.81. The maximum absolute atomic E-state index is 11.1. The number of anilines is 1. The predicted molar refractivity (Wildman–Crippen MR) is 62.8 cm³/mol. The maximum atomic E-state index is 11.1. The van der Waals surface area contributed by atoms with Gasteiger partial charge >= 0.3 is 0 Å². The molecular weight excluding hydrogens is 236 g/mol. The van der Waals surface area contributed by atoms with Gasteiger partial charge in [-0.3, -0.25) is 4.79 Å². The Morgan fingerprint density at radius 3 is 3.17 bits per heavy atom. The number of aromatic nitrogens is 4. The summed E-state index contributed by atoms with van der Waals surface area (Å²) >= 11 is 0. The summed E-state index contributed by atoms with van der Waals surface area (Å²) in [7, 11) is 0. The van der Waals surface area contributed by atoms with Crippen LogP contribution in [0.4, 0.5) is 5.95 Å². The minimum absolute atomic E-state index is 0.0164. The zero-order valence-electron chi connectivity index (χ0n) is 9.51. The van der Waals surface area contributed by atoms with E-state index in [1.54, 1.807) is 0 Å². The summed E-state index contributed by atoms with van der Waals surface area (Å²) in [4.78, 5) is 26.0. The van der Waals surface area contributed by atoms with Crippen molar-refractivity contribution < 1.29 is 9.53 Å². The molecule has 0 radical (unpaired) electrons. The molecule has 1 saturated heterocycles. The monoisotopic (exact) mass is 248 g/mol. The van der Waals surface area contributed by atoms with Crippen LogP contribution in [0.2, 0.25) is 0 Å². The number of nitrogens with two attached hydrogens (primary N) is 1. The first-order valence-corrected chi connectivity index (χ1v) is 5.61. The molecule has 1 unspecified atom stereocenters. The lowest BCUT2D eigenvalue weighted by Gasteiger charge is -2.11. The van der Waals surface area contributed by atoms with Crippen molar-refractivity contribution in [3.05, 3.63) is 6.33 Å². The van der Waals surface area contributed by atoms with Crippen molar-refractivity contribution in [3.63, 3.8) is 0 Å². The molecule has 1 amide bonds. The fourth-order valence-electron chi connectivity index (χ4n) is 1.91. The maximum Gasteiger partial charge on any atom is 0.247 e. The average molecular weight is 248 g/mol. The lowest BCUT2D eigenvalue weighted by molar-refractivity contribution is -0.119. The molecule has 3 rings (SSSR count). The molecule has 0 aromatic carbocycles. The van der Waals surface area contributed by atoms with Crippen LogP contribution in [0, 0.1) is 0 Å². The molecule has 3 heterocycles. The van der Waals surface area contributed by atoms with E-state index < -0.39 is 0 Å². The number of amides is 1. The molecule has 4 N–H and O–H groups in total. The van der Waals surface area contributed by atoms with E-state index in [1.807, 2.05) is 0 Å². The highest BCUT2D eigenvalue weighted by Crippen LogP contribution is 2.20. The van der Waals surface area contributed by atoms with Gasteiger partial charge in [-0.1, -0.05) is 0 Å². The van der Waals surface area contributed by atoms with Crippen LogP contribution >= 0.6 is 0 Å². The van der Waals surface area contributed by atoms with Crippen molar-refractivity contribution in [2.75, 3.05) is 12.3 Å². The molecule has 18 heavy (non-hydrogen) atoms. The molecule has 0 bridgehead atoms. The van der Waals surface area contributed by atoms with E-state index in [2.05, 4.69) is 25.3 Å². The molecule has 1 aliphatic heterocycles. The molecule has 0 saturated carbocycles. The largest absolute Gasteiger partial charge is 0.474 e. The number of carbonyl (C=O) groups excluding carboxylic acids is 1. The summed E-state index contributed by atoms with van der Waals surface area (Å²) in [5.41, 5.74) is 6.64. The Morgan fingerprint density at radius 1 is 1.50 bits per heavy atom. The normalized spacial score (nSPS) is 19.1. The molecule has 1 fully saturated rings. The number of carbonyl (C=O) groups is 1. The molecule has 1 atom stereocenters. The number of H-pyrrole nitrogens is 1. The molecule has 8 heteroatoms. The zero-order chi connectivity index (χ0) is 12.5. The molecule has 8 nitrogen and oxygen atoms in total. The number of aromatic amines is 1. The smallest absolute Gasteiger partial charge is 0.247 e. The Hall–Kier alpha value is -2.38. The Balaban J connectivity index is 1.77. The van der Waals surface area contributed by atoms with Crippen molar-refractivity contribution >= 4 is 23.0 Å². The second-order valence-electron chi connectivity index (χ2n) is 4.10. The zero-order valence-corrected chi connectivity index (χ0v) is 9.51. The van der Waals surface area contributed by atoms with Crippen molar-refractivity contribution in [1.82, 2.24) is 25.3 Å². The highest BCUT2D eigenvalue weighted by Gasteiger charge is 2.22. The lowest BCUT2D eigenvalue weighted by atomic mass is 10.2. The van der Waals surface area contributed by atoms with Crippen LogP contribution in [-0.2, 0) is 4.79 Å². The third-order valence-electron chi connectivity index (χ3n) is 2.77. The molecule has 0 spiro atoms. The van der Waals surface area contributed by atoms with Crippen LogP contribution in [0.1, 0.15) is 12.8 Å². The average Bonchev–Trinajstić information content (AvgIpc) is 2.94. The Labute approximate surface area is 102 Å². The van der Waals surface area contributed by atoms with E-state index in [-0.39, 0.29) is 17.9 Å². The fourth-order valence-corrected chi connectivity index (χ4v) is 1.91. The summed E-state index contributed by atoms with van der Waals surface area (Å²) < 4.78 is 5.56. The van der Waals surface area contributed by atoms with E-state index in [9.17, 15) is 4.79 Å². The van der Waals surface area contributed by atoms with Gasteiger partial charge in [0.1, 0.15) is 6.61 Å². The van der Waals surface area contributed by atoms with Crippen LogP contribution in [0.3, 0.4) is 0 Å². The topological polar surface area (TPSA) is 119 Å². The highest BCUT2D eigenvalue weighted by molar-refractivity contribution is 5.78. The van der Waals surface area contributed by atoms with Gasteiger partial charge in [0.25, 0.3) is 0 Å². The van der Waals surface area contributed by atoms with Crippen LogP contribution < -0.4 is 15.8 Å². The van der Waals surface area contributed by atoms with Crippen LogP contribution in [0.5, 0.6) is 5.88 Å². The number of hydrogen-bond donors (Lipinski definition) is 3. The van der Waals surface area contributed by atoms with Gasteiger partial charge in [-0.15, -0.1) is 0 Å². The van der Waals surface area contributed by atoms with E-state index in [1.165, 1.54) is 6.33 Å². The number of nitrogen functional groups attached to an aromatic ring is 1. The minimum atomic E-state index is 0.0164. The summed E-state index contributed by atoms with van der Waals surface area (Å²) in [5.74, 6) is 0.507. The van der Waals surface area contributed by atoms with E-state index in [4.69, 9.17) is 10.5 Å². The number of ether oxygens (including phenoxy) is 1. The molecular formula is C10H12N6O2. The molecule has 1 aliphatic rings. The van der Waals surface area contributed by atoms with Gasteiger partial charge < -0.3 is 20.8 Å². The molecule has 94 valence electrons. The second-order valence-corrected chi connectivity index (χ2v) is 4.10. The molecule has 2 aromatic heterocycles. The van der Waals surface area contributed by atoms with Gasteiger partial charge in [0, 0.05) is 6.42 Å². The standard InChI is InChI=1S/C10H12N6O2/c11-10-15-8-7(12-4-13-8)9(16-10)18-3-5-1-2-6(17)14-5/h4-5H,1-3H2,(H,14,17)(H3,11,12,13,15,16). The Bertz CT molecular complexity index is 595. The van der Waals surface area contributed by atoms with Crippen molar-refractivity contribution in [2.24, 2.45) is 0 Å². The quantitative estimate of drug-likeness (QED) is 0.679. The Kier molecular flexibility index (Phi) is 2.47. The van der Waals surface area contributed by atoms with Crippen LogP contribution in [0.15, 0.2) is 6.33 Å². The van der Waals surface area contributed by atoms with E-state index >= 15 is 0 Å². The first-order valence-electron chi connectivity index (χ1n) is 5.61. The van der Waals surface area contributed by atoms with Crippen LogP contribution in [0.25, 0.3) is 11.2 Å². The van der Waals surface area contributed by atoms with Gasteiger partial charge in [-0.2, -0.15) is 9.97 Å². The number of rotatable bonds is 3. The highest BCUT2D eigenvalue weighted by atomic mass is 16.5. The molecule has 2 aromatic rings. The molecule has 0 aliphatic carbocycles. The van der Waals surface area contributed by atoms with Crippen molar-refractivity contribution in [1.29, 1.82) is 0 Å². The van der Waals surface area contributed by atoms with Gasteiger partial charge in [0.15, 0.2) is 11.2 Å². The van der Waals surface area contributed by atoms with Gasteiger partial charge in [-0.25, -0.2) is 4.98 Å². The number of nitrogens with one attached hydrogen (secondary N) is 2. The Morgan fingerprint density at radius 2 is 2.39 bits per heavy atom. The first kappa shape index (κ1) is 10.8. The lowest BCUT2D eigenvalue weighted by Crippen LogP contribution is -2.31. The SMILES string of the molecule is Nc1nc(OCC2CCC(=O)N2)c2nc[nH]c2n1. The van der Waals surface area contributed by atoms with Gasteiger partial charge in [0.05, 0.1) is 12.4 Å². The van der Waals surface area contributed by atoms with E-state index in [0.29, 0.717) is 30.1 Å². The summed E-state index contributed by atoms with van der Waals surface area (Å²) in [5, 5.41) is 2.81. The number of nitrogens with zero attached hydrogens (tertiary/aromatic N) is 3. The van der Waals surface area contributed by atoms with Gasteiger partial charge in [0.2, 0.25) is 17.7 Å². The van der Waals surface area contributed by atoms with Crippen LogP contribution in [-0.4, -0.2) is 38.5 Å². The van der Waals surface area contributed by atoms with E-state index in [0.717, 1.165) is 6.42 Å². The predicted octanol–water partition coefficient (Wildman–Crippen LogP) is -0.408. The third kappa shape index (κ3) is 1.92. The minimum Gasteiger partial charge on any atom is -0.474 e. The number of hydrogen-bond acceptors (Lipinski definition) is 6. The third-order valence-corrected chi connectivity index (χ3v) is 2.77. The number of imidazole rings is 1. The summed E-state index contributed by atoms with van der Waals surface area (Å²) in [6, 6.07) is 0.0164. The number of fused-ring (bicyclic) bond motifs is 1. The van der Waals surface area contributed by atoms with Crippen molar-refractivity contribution in [2.45, 2.75) is 18.9 Å². The summed E-state index contributed by atoms with van der Waals surface area (Å²) in [6.45, 7) is 0.351. The second kappa shape index (κ2) is 4.13. The fraction of sp³-hybridized carbons (Fsp3) is 0.400.